The topological polar surface area (TPSA) is 38.3 Å². The van der Waals surface area contributed by atoms with Crippen molar-refractivity contribution < 1.29 is 9.53 Å². The van der Waals surface area contributed by atoms with Crippen LogP contribution in [0.4, 0.5) is 0 Å². The molecule has 1 aromatic rings. The maximum absolute atomic E-state index is 12.5. The first kappa shape index (κ1) is 16.9. The number of hydrogen-bond donors (Lipinski definition) is 1. The largest absolute Gasteiger partial charge is 0.481 e. The maximum Gasteiger partial charge on any atom is 0.261 e. The van der Waals surface area contributed by atoms with Crippen molar-refractivity contribution in [2.45, 2.75) is 59.1 Å². The zero-order valence-corrected chi connectivity index (χ0v) is 14.2. The third kappa shape index (κ3) is 4.49. The van der Waals surface area contributed by atoms with Gasteiger partial charge in [-0.15, -0.1) is 0 Å². The average Bonchev–Trinajstić information content (AvgIpc) is 2.48. The van der Waals surface area contributed by atoms with Crippen LogP contribution in [-0.2, 0) is 4.79 Å². The third-order valence-electron chi connectivity index (χ3n) is 4.78. The summed E-state index contributed by atoms with van der Waals surface area (Å²) in [5.74, 6) is 2.59. The summed E-state index contributed by atoms with van der Waals surface area (Å²) in [6, 6.07) is 9.80. The van der Waals surface area contributed by atoms with Gasteiger partial charge in [0.2, 0.25) is 0 Å². The molecule has 1 N–H and O–H groups in total. The number of carbonyl (C=O) groups is 1. The predicted octanol–water partition coefficient (Wildman–Crippen LogP) is 4.03. The minimum Gasteiger partial charge on any atom is -0.481 e. The molecule has 1 fully saturated rings. The van der Waals surface area contributed by atoms with E-state index in [-0.39, 0.29) is 11.9 Å². The fraction of sp³-hybridized carbons (Fsp3) is 0.632. The molecular formula is C19H29NO2. The molecule has 1 aliphatic carbocycles. The lowest BCUT2D eigenvalue weighted by atomic mass is 9.74. The summed E-state index contributed by atoms with van der Waals surface area (Å²) >= 11 is 0. The Morgan fingerprint density at radius 3 is 2.50 bits per heavy atom. The Labute approximate surface area is 134 Å². The molecule has 2 rings (SSSR count). The van der Waals surface area contributed by atoms with Crippen molar-refractivity contribution in [3.63, 3.8) is 0 Å². The number of ether oxygens (including phenoxy) is 1. The second kappa shape index (κ2) is 7.66. The van der Waals surface area contributed by atoms with Crippen molar-refractivity contribution >= 4 is 5.91 Å². The van der Waals surface area contributed by atoms with Crippen molar-refractivity contribution in [1.29, 1.82) is 0 Å². The lowest BCUT2D eigenvalue weighted by Crippen LogP contribution is -2.49. The van der Waals surface area contributed by atoms with Crippen molar-refractivity contribution in [2.75, 3.05) is 0 Å². The first-order valence-electron chi connectivity index (χ1n) is 8.49. The lowest BCUT2D eigenvalue weighted by molar-refractivity contribution is -0.128. The number of rotatable bonds is 5. The van der Waals surface area contributed by atoms with Crippen LogP contribution in [0.5, 0.6) is 5.75 Å². The molecule has 0 saturated heterocycles. The summed E-state index contributed by atoms with van der Waals surface area (Å²) in [4.78, 5) is 12.5. The minimum absolute atomic E-state index is 0.00592. The Hall–Kier alpha value is -1.51. The smallest absolute Gasteiger partial charge is 0.261 e. The molecule has 0 bridgehead atoms. The van der Waals surface area contributed by atoms with E-state index in [1.807, 2.05) is 37.3 Å². The van der Waals surface area contributed by atoms with E-state index in [2.05, 4.69) is 26.1 Å². The summed E-state index contributed by atoms with van der Waals surface area (Å²) in [5.41, 5.74) is 0. The van der Waals surface area contributed by atoms with Crippen molar-refractivity contribution in [1.82, 2.24) is 5.32 Å². The molecule has 0 spiro atoms. The van der Waals surface area contributed by atoms with Gasteiger partial charge in [-0.1, -0.05) is 45.4 Å². The normalized spacial score (nSPS) is 26.5. The minimum atomic E-state index is -0.465. The van der Waals surface area contributed by atoms with Crippen LogP contribution in [0.3, 0.4) is 0 Å². The number of benzene rings is 1. The molecule has 3 nitrogen and oxygen atoms in total. The summed E-state index contributed by atoms with van der Waals surface area (Å²) in [5, 5.41) is 3.24. The van der Waals surface area contributed by atoms with Crippen LogP contribution in [0.2, 0.25) is 0 Å². The summed E-state index contributed by atoms with van der Waals surface area (Å²) in [7, 11) is 0. The Kier molecular flexibility index (Phi) is 5.87. The summed E-state index contributed by atoms with van der Waals surface area (Å²) in [6.07, 6.45) is 3.09. The number of amides is 1. The molecule has 0 aliphatic heterocycles. The fourth-order valence-corrected chi connectivity index (χ4v) is 3.42. The first-order valence-corrected chi connectivity index (χ1v) is 8.49. The molecule has 1 amide bonds. The number of hydrogen-bond acceptors (Lipinski definition) is 2. The summed E-state index contributed by atoms with van der Waals surface area (Å²) < 4.78 is 5.73. The molecule has 22 heavy (non-hydrogen) atoms. The Bertz CT molecular complexity index is 472. The monoisotopic (exact) mass is 303 g/mol. The zero-order chi connectivity index (χ0) is 16.1. The molecule has 0 radical (unpaired) electrons. The van der Waals surface area contributed by atoms with E-state index in [1.54, 1.807) is 0 Å². The highest BCUT2D eigenvalue weighted by Crippen LogP contribution is 2.33. The molecule has 1 aromatic carbocycles. The van der Waals surface area contributed by atoms with Gasteiger partial charge < -0.3 is 10.1 Å². The van der Waals surface area contributed by atoms with Gasteiger partial charge in [0.15, 0.2) is 6.10 Å². The highest BCUT2D eigenvalue weighted by atomic mass is 16.5. The molecule has 1 unspecified atom stereocenters. The first-order chi connectivity index (χ1) is 10.5. The van der Waals surface area contributed by atoms with Gasteiger partial charge in [-0.2, -0.15) is 0 Å². The van der Waals surface area contributed by atoms with Gasteiger partial charge in [0.1, 0.15) is 5.75 Å². The SMILES string of the molecule is CC(Oc1ccccc1)C(=O)N[C@@H]1C[C@H](C)CC[C@H]1C(C)C. The molecule has 1 aliphatic rings. The van der Waals surface area contributed by atoms with Gasteiger partial charge in [0.05, 0.1) is 0 Å². The lowest BCUT2D eigenvalue weighted by Gasteiger charge is -2.38. The molecule has 0 aromatic heterocycles. The molecule has 4 atom stereocenters. The Morgan fingerprint density at radius 1 is 1.18 bits per heavy atom. The van der Waals surface area contributed by atoms with Crippen LogP contribution >= 0.6 is 0 Å². The number of nitrogens with one attached hydrogen (secondary N) is 1. The highest BCUT2D eigenvalue weighted by molar-refractivity contribution is 5.81. The van der Waals surface area contributed by atoms with Gasteiger partial charge in [0, 0.05) is 6.04 Å². The third-order valence-corrected chi connectivity index (χ3v) is 4.78. The molecular weight excluding hydrogens is 274 g/mol. The average molecular weight is 303 g/mol. The number of para-hydroxylation sites is 1. The van der Waals surface area contributed by atoms with E-state index in [0.717, 1.165) is 12.2 Å². The fourth-order valence-electron chi connectivity index (χ4n) is 3.42. The second-order valence-electron chi connectivity index (χ2n) is 7.01. The van der Waals surface area contributed by atoms with Gasteiger partial charge in [-0.25, -0.2) is 0 Å². The van der Waals surface area contributed by atoms with E-state index in [0.29, 0.717) is 17.8 Å². The molecule has 122 valence electrons. The van der Waals surface area contributed by atoms with Crippen molar-refractivity contribution in [3.05, 3.63) is 30.3 Å². The van der Waals surface area contributed by atoms with Gasteiger partial charge in [-0.05, 0) is 49.7 Å². The van der Waals surface area contributed by atoms with Crippen LogP contribution in [0.15, 0.2) is 30.3 Å². The second-order valence-corrected chi connectivity index (χ2v) is 7.01. The van der Waals surface area contributed by atoms with E-state index in [1.165, 1.54) is 12.8 Å². The summed E-state index contributed by atoms with van der Waals surface area (Å²) in [6.45, 7) is 8.60. The van der Waals surface area contributed by atoms with Crippen molar-refractivity contribution in [3.8, 4) is 5.75 Å². The standard InChI is InChI=1S/C19H29NO2/c1-13(2)17-11-10-14(3)12-18(17)20-19(21)15(4)22-16-8-6-5-7-9-16/h5-9,13-15,17-18H,10-12H2,1-4H3,(H,20,21)/t14-,15?,17+,18-/m1/s1. The van der Waals surface area contributed by atoms with Gasteiger partial charge >= 0.3 is 0 Å². The van der Waals surface area contributed by atoms with Gasteiger partial charge in [0.25, 0.3) is 5.91 Å². The maximum atomic E-state index is 12.5. The van der Waals surface area contributed by atoms with E-state index < -0.39 is 6.10 Å². The highest BCUT2D eigenvalue weighted by Gasteiger charge is 2.32. The van der Waals surface area contributed by atoms with E-state index >= 15 is 0 Å². The van der Waals surface area contributed by atoms with E-state index in [9.17, 15) is 4.79 Å². The van der Waals surface area contributed by atoms with Crippen LogP contribution in [0, 0.1) is 17.8 Å². The molecule has 0 heterocycles. The number of carbonyl (C=O) groups excluding carboxylic acids is 1. The molecule has 3 heteroatoms. The predicted molar refractivity (Wildman–Crippen MR) is 89.8 cm³/mol. The van der Waals surface area contributed by atoms with Crippen molar-refractivity contribution in [2.24, 2.45) is 17.8 Å². The van der Waals surface area contributed by atoms with Crippen LogP contribution in [0.1, 0.15) is 47.0 Å². The van der Waals surface area contributed by atoms with Crippen LogP contribution in [-0.4, -0.2) is 18.1 Å². The van der Waals surface area contributed by atoms with Crippen LogP contribution in [0.25, 0.3) is 0 Å². The zero-order valence-electron chi connectivity index (χ0n) is 14.2. The molecule has 1 saturated carbocycles. The van der Waals surface area contributed by atoms with Gasteiger partial charge in [-0.3, -0.25) is 4.79 Å². The quantitative estimate of drug-likeness (QED) is 0.892. The van der Waals surface area contributed by atoms with E-state index in [4.69, 9.17) is 4.74 Å². The van der Waals surface area contributed by atoms with Crippen LogP contribution < -0.4 is 10.1 Å². The Balaban J connectivity index is 1.94. The Morgan fingerprint density at radius 2 is 1.86 bits per heavy atom.